The highest BCUT2D eigenvalue weighted by Crippen LogP contribution is 2.25. The lowest BCUT2D eigenvalue weighted by Gasteiger charge is -2.11. The van der Waals surface area contributed by atoms with Crippen LogP contribution in [-0.4, -0.2) is 38.5 Å². The van der Waals surface area contributed by atoms with E-state index in [1.165, 1.54) is 5.56 Å². The van der Waals surface area contributed by atoms with E-state index in [-0.39, 0.29) is 5.75 Å². The number of nitrogens with zero attached hydrogens (tertiary/aromatic N) is 4. The van der Waals surface area contributed by atoms with Crippen molar-refractivity contribution in [2.75, 3.05) is 14.1 Å². The van der Waals surface area contributed by atoms with E-state index < -0.39 is 0 Å². The maximum absolute atomic E-state index is 9.51. The first-order chi connectivity index (χ1) is 12.6. The summed E-state index contributed by atoms with van der Waals surface area (Å²) in [6, 6.07) is 15.6. The third kappa shape index (κ3) is 3.17. The minimum absolute atomic E-state index is 0.252. The summed E-state index contributed by atoms with van der Waals surface area (Å²) in [6.07, 6.45) is 5.63. The average molecular weight is 344 g/mol. The first-order valence-corrected chi connectivity index (χ1v) is 8.47. The predicted molar refractivity (Wildman–Crippen MR) is 103 cm³/mol. The number of hydrogen-bond donors (Lipinski definition) is 1. The Morgan fingerprint density at radius 1 is 0.962 bits per heavy atom. The molecule has 2 aromatic carbocycles. The normalized spacial score (nSPS) is 11.3. The molecule has 0 fully saturated rings. The maximum atomic E-state index is 9.51. The van der Waals surface area contributed by atoms with Gasteiger partial charge in [0.2, 0.25) is 0 Å². The van der Waals surface area contributed by atoms with Crippen molar-refractivity contribution in [1.82, 2.24) is 19.3 Å². The van der Waals surface area contributed by atoms with Gasteiger partial charge in [0, 0.05) is 23.9 Å². The van der Waals surface area contributed by atoms with Gasteiger partial charge in [-0.05, 0) is 50.0 Å². The lowest BCUT2D eigenvalue weighted by molar-refractivity contribution is 0.402. The number of aromatic nitrogens is 3. The molecule has 0 unspecified atom stereocenters. The molecule has 0 spiro atoms. The van der Waals surface area contributed by atoms with E-state index >= 15 is 0 Å². The summed E-state index contributed by atoms with van der Waals surface area (Å²) in [7, 11) is 4.12. The van der Waals surface area contributed by atoms with E-state index in [4.69, 9.17) is 0 Å². The molecule has 0 saturated heterocycles. The van der Waals surface area contributed by atoms with Crippen LogP contribution in [0.5, 0.6) is 5.75 Å². The van der Waals surface area contributed by atoms with Gasteiger partial charge in [0.25, 0.3) is 0 Å². The van der Waals surface area contributed by atoms with Crippen LogP contribution < -0.4 is 0 Å². The van der Waals surface area contributed by atoms with Gasteiger partial charge < -0.3 is 10.0 Å². The molecule has 0 aliphatic carbocycles. The molecule has 0 atom stereocenters. The van der Waals surface area contributed by atoms with E-state index in [0.29, 0.717) is 0 Å². The van der Waals surface area contributed by atoms with Crippen LogP contribution in [0.2, 0.25) is 0 Å². The first-order valence-electron chi connectivity index (χ1n) is 8.47. The number of aromatic hydroxyl groups is 1. The first kappa shape index (κ1) is 16.3. The van der Waals surface area contributed by atoms with Crippen molar-refractivity contribution in [3.8, 4) is 28.3 Å². The van der Waals surface area contributed by atoms with Crippen molar-refractivity contribution in [3.63, 3.8) is 0 Å². The Morgan fingerprint density at radius 2 is 1.77 bits per heavy atom. The summed E-state index contributed by atoms with van der Waals surface area (Å²) in [4.78, 5) is 11.2. The number of phenolic OH excluding ortho intramolecular Hbond substituents is 1. The highest BCUT2D eigenvalue weighted by atomic mass is 16.3. The van der Waals surface area contributed by atoms with Crippen molar-refractivity contribution in [1.29, 1.82) is 0 Å². The fourth-order valence-electron chi connectivity index (χ4n) is 3.08. The molecule has 4 rings (SSSR count). The van der Waals surface area contributed by atoms with E-state index in [1.807, 2.05) is 28.9 Å². The lowest BCUT2D eigenvalue weighted by Crippen LogP contribution is -2.10. The number of benzene rings is 2. The fraction of sp³-hybridized carbons (Fsp3) is 0.143. The number of fused-ring (bicyclic) bond motifs is 1. The van der Waals surface area contributed by atoms with Gasteiger partial charge in [0.05, 0.1) is 23.8 Å². The lowest BCUT2D eigenvalue weighted by atomic mass is 10.1. The maximum Gasteiger partial charge on any atom is 0.155 e. The zero-order valence-electron chi connectivity index (χ0n) is 14.8. The molecule has 4 aromatic rings. The minimum Gasteiger partial charge on any atom is -0.508 e. The van der Waals surface area contributed by atoms with E-state index in [0.717, 1.165) is 34.7 Å². The average Bonchev–Trinajstić information content (AvgIpc) is 3.05. The number of hydrogen-bond acceptors (Lipinski definition) is 4. The standard InChI is InChI=1S/C21H20N4O/c1-24(2)13-15-4-3-5-17(10-15)19-14-25-20(11-23-21(25)12-22-19)16-6-8-18(26)9-7-16/h3-12,14,26H,13H2,1-2H3. The molecule has 0 saturated carbocycles. The Balaban J connectivity index is 1.78. The molecule has 5 nitrogen and oxygen atoms in total. The molecule has 0 aliphatic heterocycles. The van der Waals surface area contributed by atoms with Crippen LogP contribution in [0.15, 0.2) is 67.1 Å². The van der Waals surface area contributed by atoms with Gasteiger partial charge in [0.15, 0.2) is 5.65 Å². The van der Waals surface area contributed by atoms with Gasteiger partial charge in [-0.25, -0.2) is 4.98 Å². The number of rotatable bonds is 4. The van der Waals surface area contributed by atoms with Crippen molar-refractivity contribution in [2.24, 2.45) is 0 Å². The number of imidazole rings is 1. The molecule has 0 bridgehead atoms. The van der Waals surface area contributed by atoms with Crippen LogP contribution in [0, 0.1) is 0 Å². The summed E-state index contributed by atoms with van der Waals surface area (Å²) >= 11 is 0. The van der Waals surface area contributed by atoms with Gasteiger partial charge in [-0.1, -0.05) is 18.2 Å². The molecule has 0 amide bonds. The monoisotopic (exact) mass is 344 g/mol. The van der Waals surface area contributed by atoms with Crippen LogP contribution in [-0.2, 0) is 6.54 Å². The van der Waals surface area contributed by atoms with Gasteiger partial charge >= 0.3 is 0 Å². The van der Waals surface area contributed by atoms with Gasteiger partial charge in [0.1, 0.15) is 5.75 Å². The summed E-state index contributed by atoms with van der Waals surface area (Å²) < 4.78 is 2.04. The summed E-state index contributed by atoms with van der Waals surface area (Å²) in [5.41, 5.74) is 5.98. The second-order valence-electron chi connectivity index (χ2n) is 6.63. The summed E-state index contributed by atoms with van der Waals surface area (Å²) in [6.45, 7) is 0.889. The van der Waals surface area contributed by atoms with Crippen LogP contribution >= 0.6 is 0 Å². The molecular weight excluding hydrogens is 324 g/mol. The zero-order chi connectivity index (χ0) is 18.1. The second-order valence-corrected chi connectivity index (χ2v) is 6.63. The van der Waals surface area contributed by atoms with E-state index in [9.17, 15) is 5.11 Å². The predicted octanol–water partition coefficient (Wildman–Crippen LogP) is 3.83. The molecular formula is C21H20N4O. The quantitative estimate of drug-likeness (QED) is 0.611. The molecule has 2 heterocycles. The Morgan fingerprint density at radius 3 is 2.54 bits per heavy atom. The molecule has 1 N–H and O–H groups in total. The van der Waals surface area contributed by atoms with Crippen LogP contribution in [0.25, 0.3) is 28.2 Å². The topological polar surface area (TPSA) is 53.7 Å². The van der Waals surface area contributed by atoms with Crippen molar-refractivity contribution < 1.29 is 5.11 Å². The summed E-state index contributed by atoms with van der Waals surface area (Å²) in [5, 5.41) is 9.51. The Bertz CT molecular complexity index is 1050. The van der Waals surface area contributed by atoms with Crippen LogP contribution in [0.3, 0.4) is 0 Å². The fourth-order valence-corrected chi connectivity index (χ4v) is 3.08. The molecule has 0 radical (unpaired) electrons. The highest BCUT2D eigenvalue weighted by molar-refractivity contribution is 5.67. The Labute approximate surface area is 152 Å². The van der Waals surface area contributed by atoms with Crippen molar-refractivity contribution in [2.45, 2.75) is 6.54 Å². The van der Waals surface area contributed by atoms with E-state index in [1.54, 1.807) is 18.3 Å². The third-order valence-electron chi connectivity index (χ3n) is 4.28. The number of phenols is 1. The zero-order valence-corrected chi connectivity index (χ0v) is 14.8. The Kier molecular flexibility index (Phi) is 4.14. The third-order valence-corrected chi connectivity index (χ3v) is 4.28. The minimum atomic E-state index is 0.252. The molecule has 0 aliphatic rings. The SMILES string of the molecule is CN(C)Cc1cccc(-c2cn3c(-c4ccc(O)cc4)cnc3cn2)c1. The van der Waals surface area contributed by atoms with Crippen LogP contribution in [0.4, 0.5) is 0 Å². The van der Waals surface area contributed by atoms with Gasteiger partial charge in [-0.15, -0.1) is 0 Å². The molecule has 130 valence electrons. The second kappa shape index (κ2) is 6.61. The molecule has 26 heavy (non-hydrogen) atoms. The van der Waals surface area contributed by atoms with Crippen LogP contribution in [0.1, 0.15) is 5.56 Å². The van der Waals surface area contributed by atoms with Crippen molar-refractivity contribution >= 4 is 5.65 Å². The molecule has 5 heteroatoms. The summed E-state index contributed by atoms with van der Waals surface area (Å²) in [5.74, 6) is 0.252. The van der Waals surface area contributed by atoms with Crippen molar-refractivity contribution in [3.05, 3.63) is 72.7 Å². The van der Waals surface area contributed by atoms with Gasteiger partial charge in [-0.2, -0.15) is 0 Å². The smallest absolute Gasteiger partial charge is 0.155 e. The molecule has 2 aromatic heterocycles. The van der Waals surface area contributed by atoms with Gasteiger partial charge in [-0.3, -0.25) is 9.38 Å². The highest BCUT2D eigenvalue weighted by Gasteiger charge is 2.09. The largest absolute Gasteiger partial charge is 0.508 e. The van der Waals surface area contributed by atoms with E-state index in [2.05, 4.69) is 53.2 Å². The Hall–Kier alpha value is -3.18.